The minimum Gasteiger partial charge on any atom is -0.465 e. The molecular formula is C15H28NO2+. The number of hydrogen-bond acceptors (Lipinski definition) is 2. The molecule has 0 aromatic carbocycles. The van der Waals surface area contributed by atoms with E-state index in [0.717, 1.165) is 6.04 Å². The molecule has 18 heavy (non-hydrogen) atoms. The zero-order chi connectivity index (χ0) is 13.2. The Bertz CT molecular complexity index is 299. The Hall–Kier alpha value is -0.570. The van der Waals surface area contributed by atoms with Crippen LogP contribution in [0.15, 0.2) is 0 Å². The Morgan fingerprint density at radius 1 is 1.22 bits per heavy atom. The van der Waals surface area contributed by atoms with Gasteiger partial charge in [-0.1, -0.05) is 13.8 Å². The molecule has 3 atom stereocenters. The van der Waals surface area contributed by atoms with E-state index >= 15 is 0 Å². The average Bonchev–Trinajstić information content (AvgIpc) is 2.34. The number of fused-ring (bicyclic) bond motifs is 1. The van der Waals surface area contributed by atoms with Crippen LogP contribution in [0.3, 0.4) is 0 Å². The summed E-state index contributed by atoms with van der Waals surface area (Å²) >= 11 is 0. The monoisotopic (exact) mass is 254 g/mol. The van der Waals surface area contributed by atoms with Crippen molar-refractivity contribution in [1.82, 2.24) is 0 Å². The number of quaternary nitrogens is 1. The highest BCUT2D eigenvalue weighted by Gasteiger charge is 2.43. The molecular weight excluding hydrogens is 226 g/mol. The van der Waals surface area contributed by atoms with Gasteiger partial charge in [-0.05, 0) is 25.7 Å². The van der Waals surface area contributed by atoms with Gasteiger partial charge in [0.1, 0.15) is 0 Å². The van der Waals surface area contributed by atoms with E-state index in [1.54, 1.807) is 0 Å². The fraction of sp³-hybridized carbons (Fsp3) is 0.933. The SMILES string of the molecule is CC(C)C(=O)OC[C@@H]1CCC[N@@+]2(C)CCCC[C@@H]12. The topological polar surface area (TPSA) is 26.3 Å². The van der Waals surface area contributed by atoms with Crippen molar-refractivity contribution in [3.63, 3.8) is 0 Å². The summed E-state index contributed by atoms with van der Waals surface area (Å²) in [5.41, 5.74) is 0. The zero-order valence-corrected chi connectivity index (χ0v) is 12.2. The summed E-state index contributed by atoms with van der Waals surface area (Å²) in [6.45, 7) is 7.10. The number of rotatable bonds is 3. The first-order chi connectivity index (χ1) is 8.53. The summed E-state index contributed by atoms with van der Waals surface area (Å²) in [5, 5.41) is 0. The van der Waals surface area contributed by atoms with E-state index in [4.69, 9.17) is 4.74 Å². The standard InChI is InChI=1S/C15H28NO2/c1-12(2)15(17)18-11-13-7-6-10-16(3)9-5-4-8-14(13)16/h12-14H,4-11H2,1-3H3/q+1/t13-,14-,16+/m0/s1. The first-order valence-electron chi connectivity index (χ1n) is 7.54. The van der Waals surface area contributed by atoms with E-state index in [2.05, 4.69) is 7.05 Å². The normalized spacial score (nSPS) is 36.2. The van der Waals surface area contributed by atoms with E-state index in [1.165, 1.54) is 49.7 Å². The number of nitrogens with zero attached hydrogens (tertiary/aromatic N) is 1. The van der Waals surface area contributed by atoms with Crippen LogP contribution in [-0.4, -0.2) is 43.2 Å². The van der Waals surface area contributed by atoms with Gasteiger partial charge < -0.3 is 9.22 Å². The van der Waals surface area contributed by atoms with Gasteiger partial charge in [-0.2, -0.15) is 0 Å². The highest BCUT2D eigenvalue weighted by molar-refractivity contribution is 5.71. The van der Waals surface area contributed by atoms with Gasteiger partial charge in [0.05, 0.1) is 38.7 Å². The number of piperidine rings is 2. The quantitative estimate of drug-likeness (QED) is 0.571. The minimum absolute atomic E-state index is 0.000759. The summed E-state index contributed by atoms with van der Waals surface area (Å²) < 4.78 is 6.71. The van der Waals surface area contributed by atoms with E-state index in [1.807, 2.05) is 13.8 Å². The lowest BCUT2D eigenvalue weighted by atomic mass is 9.82. The Morgan fingerprint density at radius 3 is 2.67 bits per heavy atom. The highest BCUT2D eigenvalue weighted by atomic mass is 16.5. The van der Waals surface area contributed by atoms with Crippen LogP contribution in [0.5, 0.6) is 0 Å². The Kier molecular flexibility index (Phi) is 4.31. The molecule has 2 rings (SSSR count). The maximum atomic E-state index is 11.6. The molecule has 2 heterocycles. The third-order valence-electron chi connectivity index (χ3n) is 4.92. The van der Waals surface area contributed by atoms with Crippen LogP contribution >= 0.6 is 0 Å². The van der Waals surface area contributed by atoms with Crippen LogP contribution in [0.25, 0.3) is 0 Å². The number of esters is 1. The number of carbonyl (C=O) groups excluding carboxylic acids is 1. The molecule has 0 spiro atoms. The van der Waals surface area contributed by atoms with Crippen molar-refractivity contribution >= 4 is 5.97 Å². The number of carbonyl (C=O) groups is 1. The fourth-order valence-electron chi connectivity index (χ4n) is 3.78. The molecule has 2 saturated heterocycles. The van der Waals surface area contributed by atoms with Crippen molar-refractivity contribution in [2.45, 2.75) is 52.0 Å². The molecule has 0 aromatic rings. The van der Waals surface area contributed by atoms with E-state index < -0.39 is 0 Å². The summed E-state index contributed by atoms with van der Waals surface area (Å²) in [5.74, 6) is 0.554. The predicted octanol–water partition coefficient (Wildman–Crippen LogP) is 2.59. The zero-order valence-electron chi connectivity index (χ0n) is 12.2. The van der Waals surface area contributed by atoms with Gasteiger partial charge in [0.2, 0.25) is 0 Å². The lowest BCUT2D eigenvalue weighted by Crippen LogP contribution is -2.61. The van der Waals surface area contributed by atoms with Gasteiger partial charge in [0.25, 0.3) is 0 Å². The molecule has 0 amide bonds. The maximum Gasteiger partial charge on any atom is 0.308 e. The average molecular weight is 254 g/mol. The molecule has 0 aromatic heterocycles. The van der Waals surface area contributed by atoms with Crippen molar-refractivity contribution in [3.8, 4) is 0 Å². The molecule has 0 unspecified atom stereocenters. The Labute approximate surface area is 111 Å². The Morgan fingerprint density at radius 2 is 1.94 bits per heavy atom. The summed E-state index contributed by atoms with van der Waals surface area (Å²) in [6.07, 6.45) is 6.57. The van der Waals surface area contributed by atoms with Crippen LogP contribution < -0.4 is 0 Å². The van der Waals surface area contributed by atoms with Crippen molar-refractivity contribution in [3.05, 3.63) is 0 Å². The maximum absolute atomic E-state index is 11.6. The van der Waals surface area contributed by atoms with Gasteiger partial charge in [0, 0.05) is 12.3 Å². The van der Waals surface area contributed by atoms with Crippen molar-refractivity contribution < 1.29 is 14.0 Å². The van der Waals surface area contributed by atoms with E-state index in [-0.39, 0.29) is 11.9 Å². The summed E-state index contributed by atoms with van der Waals surface area (Å²) in [6, 6.07) is 0.729. The molecule has 0 N–H and O–H groups in total. The van der Waals surface area contributed by atoms with Crippen molar-refractivity contribution in [1.29, 1.82) is 0 Å². The van der Waals surface area contributed by atoms with Crippen LogP contribution in [-0.2, 0) is 9.53 Å². The molecule has 0 radical (unpaired) electrons. The lowest BCUT2D eigenvalue weighted by molar-refractivity contribution is -0.947. The molecule has 0 bridgehead atoms. The summed E-state index contributed by atoms with van der Waals surface area (Å²) in [7, 11) is 2.40. The van der Waals surface area contributed by atoms with Gasteiger partial charge in [0.15, 0.2) is 0 Å². The second kappa shape index (κ2) is 5.60. The summed E-state index contributed by atoms with van der Waals surface area (Å²) in [4.78, 5) is 11.6. The lowest BCUT2D eigenvalue weighted by Gasteiger charge is -2.51. The molecule has 3 heteroatoms. The minimum atomic E-state index is -0.0365. The predicted molar refractivity (Wildman–Crippen MR) is 72.1 cm³/mol. The molecule has 2 aliphatic heterocycles. The van der Waals surface area contributed by atoms with Gasteiger partial charge >= 0.3 is 5.97 Å². The van der Waals surface area contributed by atoms with Crippen LogP contribution in [0.1, 0.15) is 46.0 Å². The van der Waals surface area contributed by atoms with Crippen molar-refractivity contribution in [2.75, 3.05) is 26.7 Å². The Balaban J connectivity index is 1.93. The molecule has 0 saturated carbocycles. The molecule has 3 nitrogen and oxygen atoms in total. The largest absolute Gasteiger partial charge is 0.465 e. The first kappa shape index (κ1) is 13.9. The van der Waals surface area contributed by atoms with Crippen LogP contribution in [0, 0.1) is 11.8 Å². The second-order valence-corrected chi connectivity index (χ2v) is 6.68. The second-order valence-electron chi connectivity index (χ2n) is 6.68. The molecule has 2 aliphatic rings. The van der Waals surface area contributed by atoms with Crippen molar-refractivity contribution in [2.24, 2.45) is 11.8 Å². The number of hydrogen-bond donors (Lipinski definition) is 0. The third-order valence-corrected chi connectivity index (χ3v) is 4.92. The fourth-order valence-corrected chi connectivity index (χ4v) is 3.78. The highest BCUT2D eigenvalue weighted by Crippen LogP contribution is 2.36. The van der Waals surface area contributed by atoms with Crippen LogP contribution in [0.2, 0.25) is 0 Å². The number of ether oxygens (including phenoxy) is 1. The van der Waals surface area contributed by atoms with Gasteiger partial charge in [-0.25, -0.2) is 0 Å². The van der Waals surface area contributed by atoms with Gasteiger partial charge in [-0.15, -0.1) is 0 Å². The van der Waals surface area contributed by atoms with E-state index in [0.29, 0.717) is 12.5 Å². The first-order valence-corrected chi connectivity index (χ1v) is 7.54. The van der Waals surface area contributed by atoms with Gasteiger partial charge in [-0.3, -0.25) is 4.79 Å². The smallest absolute Gasteiger partial charge is 0.308 e. The molecule has 104 valence electrons. The molecule has 2 fully saturated rings. The molecule has 0 aliphatic carbocycles. The third kappa shape index (κ3) is 2.87. The van der Waals surface area contributed by atoms with Crippen LogP contribution in [0.4, 0.5) is 0 Å². The van der Waals surface area contributed by atoms with E-state index in [9.17, 15) is 4.79 Å².